The zero-order valence-corrected chi connectivity index (χ0v) is 13.1. The molecule has 0 spiro atoms. The minimum atomic E-state index is 0.112. The van der Waals surface area contributed by atoms with Gasteiger partial charge in [0.15, 0.2) is 0 Å². The Balaban J connectivity index is 2.22. The summed E-state index contributed by atoms with van der Waals surface area (Å²) in [7, 11) is 2.18. The van der Waals surface area contributed by atoms with Crippen molar-refractivity contribution in [1.82, 2.24) is 4.90 Å². The van der Waals surface area contributed by atoms with Crippen molar-refractivity contribution < 1.29 is 4.74 Å². The van der Waals surface area contributed by atoms with Gasteiger partial charge in [0.25, 0.3) is 0 Å². The van der Waals surface area contributed by atoms with Crippen LogP contribution in [-0.4, -0.2) is 37.2 Å². The third-order valence-corrected chi connectivity index (χ3v) is 4.51. The largest absolute Gasteiger partial charge is 0.381 e. The highest BCUT2D eigenvalue weighted by Gasteiger charge is 2.29. The minimum absolute atomic E-state index is 0.112. The van der Waals surface area contributed by atoms with Gasteiger partial charge in [-0.2, -0.15) is 0 Å². The first-order chi connectivity index (χ1) is 9.63. The van der Waals surface area contributed by atoms with E-state index in [9.17, 15) is 0 Å². The zero-order chi connectivity index (χ0) is 14.5. The van der Waals surface area contributed by atoms with Crippen LogP contribution >= 0.6 is 11.6 Å². The molecule has 1 aromatic rings. The number of benzene rings is 1. The Morgan fingerprint density at radius 2 is 2.10 bits per heavy atom. The van der Waals surface area contributed by atoms with E-state index in [0.717, 1.165) is 37.5 Å². The molecule has 0 aromatic heterocycles. The fourth-order valence-corrected chi connectivity index (χ4v) is 3.22. The number of halogens is 1. The molecule has 1 saturated heterocycles. The summed E-state index contributed by atoms with van der Waals surface area (Å²) in [5, 5.41) is 0.774. The van der Waals surface area contributed by atoms with Crippen molar-refractivity contribution in [2.75, 3.05) is 20.3 Å². The van der Waals surface area contributed by atoms with Crippen molar-refractivity contribution in [3.63, 3.8) is 0 Å². The number of nitrogens with zero attached hydrogens (tertiary/aromatic N) is 1. The minimum Gasteiger partial charge on any atom is -0.381 e. The van der Waals surface area contributed by atoms with Gasteiger partial charge in [-0.15, -0.1) is 0 Å². The molecule has 2 rings (SSSR count). The number of hydrogen-bond acceptors (Lipinski definition) is 3. The van der Waals surface area contributed by atoms with Crippen LogP contribution in [0.1, 0.15) is 37.8 Å². The van der Waals surface area contributed by atoms with Crippen LogP contribution in [0, 0.1) is 0 Å². The van der Waals surface area contributed by atoms with Crippen molar-refractivity contribution in [2.24, 2.45) is 5.73 Å². The molecule has 0 saturated carbocycles. The Morgan fingerprint density at radius 1 is 1.40 bits per heavy atom. The highest BCUT2D eigenvalue weighted by molar-refractivity contribution is 6.30. The molecule has 1 fully saturated rings. The van der Waals surface area contributed by atoms with Gasteiger partial charge in [0, 0.05) is 36.4 Å². The summed E-state index contributed by atoms with van der Waals surface area (Å²) in [5.74, 6) is 0. The highest BCUT2D eigenvalue weighted by atomic mass is 35.5. The van der Waals surface area contributed by atoms with E-state index in [1.54, 1.807) is 0 Å². The maximum Gasteiger partial charge on any atom is 0.0499 e. The maximum atomic E-state index is 6.39. The van der Waals surface area contributed by atoms with Crippen LogP contribution in [-0.2, 0) is 4.74 Å². The quantitative estimate of drug-likeness (QED) is 0.906. The van der Waals surface area contributed by atoms with E-state index in [1.807, 2.05) is 18.2 Å². The highest BCUT2D eigenvalue weighted by Crippen LogP contribution is 2.30. The third-order valence-electron chi connectivity index (χ3n) is 4.27. The second-order valence-corrected chi connectivity index (χ2v) is 6.02. The predicted octanol–water partition coefficient (Wildman–Crippen LogP) is 3.23. The van der Waals surface area contributed by atoms with Gasteiger partial charge in [-0.25, -0.2) is 0 Å². The van der Waals surface area contributed by atoms with E-state index >= 15 is 0 Å². The first-order valence-corrected chi connectivity index (χ1v) is 7.82. The summed E-state index contributed by atoms with van der Waals surface area (Å²) in [5.41, 5.74) is 7.60. The van der Waals surface area contributed by atoms with E-state index in [0.29, 0.717) is 6.04 Å². The van der Waals surface area contributed by atoms with Gasteiger partial charge >= 0.3 is 0 Å². The molecule has 0 aliphatic carbocycles. The summed E-state index contributed by atoms with van der Waals surface area (Å²) in [6.45, 7) is 3.83. The molecule has 2 atom stereocenters. The standard InChI is InChI=1S/C16H25ClN2O/c1-3-15(18)16(12-5-4-6-13(17)11-12)19(2)14-7-9-20-10-8-14/h4-6,11,14-16H,3,7-10,18H2,1-2H3. The number of nitrogens with two attached hydrogens (primary N) is 1. The summed E-state index contributed by atoms with van der Waals surface area (Å²) >= 11 is 6.15. The average Bonchev–Trinajstić information content (AvgIpc) is 2.48. The van der Waals surface area contributed by atoms with Gasteiger partial charge in [0.1, 0.15) is 0 Å². The van der Waals surface area contributed by atoms with E-state index < -0.39 is 0 Å². The van der Waals surface area contributed by atoms with Gasteiger partial charge in [0.05, 0.1) is 0 Å². The van der Waals surface area contributed by atoms with Crippen LogP contribution in [0.5, 0.6) is 0 Å². The van der Waals surface area contributed by atoms with Gasteiger partial charge in [0.2, 0.25) is 0 Å². The van der Waals surface area contributed by atoms with Crippen molar-refractivity contribution in [3.8, 4) is 0 Å². The summed E-state index contributed by atoms with van der Waals surface area (Å²) in [4.78, 5) is 2.42. The van der Waals surface area contributed by atoms with Crippen molar-refractivity contribution in [2.45, 2.75) is 44.3 Å². The molecular weight excluding hydrogens is 272 g/mol. The molecule has 2 N–H and O–H groups in total. The molecule has 1 aromatic carbocycles. The number of rotatable bonds is 5. The van der Waals surface area contributed by atoms with Gasteiger partial charge < -0.3 is 10.5 Å². The Bertz CT molecular complexity index is 421. The topological polar surface area (TPSA) is 38.5 Å². The van der Waals surface area contributed by atoms with Crippen LogP contribution in [0.3, 0.4) is 0 Å². The number of hydrogen-bond donors (Lipinski definition) is 1. The van der Waals surface area contributed by atoms with Gasteiger partial charge in [-0.05, 0) is 44.0 Å². The summed E-state index contributed by atoms with van der Waals surface area (Å²) < 4.78 is 5.46. The Morgan fingerprint density at radius 3 is 2.70 bits per heavy atom. The second-order valence-electron chi connectivity index (χ2n) is 5.58. The molecule has 20 heavy (non-hydrogen) atoms. The normalized spacial score (nSPS) is 20.1. The fraction of sp³-hybridized carbons (Fsp3) is 0.625. The average molecular weight is 297 g/mol. The van der Waals surface area contributed by atoms with Crippen molar-refractivity contribution in [3.05, 3.63) is 34.9 Å². The van der Waals surface area contributed by atoms with Gasteiger partial charge in [-0.1, -0.05) is 30.7 Å². The summed E-state index contributed by atoms with van der Waals surface area (Å²) in [6, 6.07) is 8.94. The molecule has 0 radical (unpaired) electrons. The van der Waals surface area contributed by atoms with Crippen LogP contribution in [0.4, 0.5) is 0 Å². The lowest BCUT2D eigenvalue weighted by Crippen LogP contribution is -2.45. The lowest BCUT2D eigenvalue weighted by atomic mass is 9.94. The fourth-order valence-electron chi connectivity index (χ4n) is 3.02. The van der Waals surface area contributed by atoms with Crippen molar-refractivity contribution >= 4 is 11.6 Å². The van der Waals surface area contributed by atoms with E-state index in [4.69, 9.17) is 22.1 Å². The van der Waals surface area contributed by atoms with E-state index in [2.05, 4.69) is 24.9 Å². The molecule has 1 aliphatic heterocycles. The smallest absolute Gasteiger partial charge is 0.0499 e. The van der Waals surface area contributed by atoms with Crippen LogP contribution in [0.25, 0.3) is 0 Å². The molecule has 3 nitrogen and oxygen atoms in total. The number of ether oxygens (including phenoxy) is 1. The molecular formula is C16H25ClN2O. The van der Waals surface area contributed by atoms with Crippen LogP contribution in [0.2, 0.25) is 5.02 Å². The lowest BCUT2D eigenvalue weighted by molar-refractivity contribution is 0.0233. The first kappa shape index (κ1) is 15.8. The Labute approximate surface area is 127 Å². The van der Waals surface area contributed by atoms with Crippen molar-refractivity contribution in [1.29, 1.82) is 0 Å². The molecule has 4 heteroatoms. The SMILES string of the molecule is CCC(N)C(c1cccc(Cl)c1)N(C)C1CCOCC1. The first-order valence-electron chi connectivity index (χ1n) is 7.44. The van der Waals surface area contributed by atoms with E-state index in [1.165, 1.54) is 5.56 Å². The van der Waals surface area contributed by atoms with E-state index in [-0.39, 0.29) is 12.1 Å². The Hall–Kier alpha value is -0.610. The molecule has 2 unspecified atom stereocenters. The maximum absolute atomic E-state index is 6.39. The number of likely N-dealkylation sites (N-methyl/N-ethyl adjacent to an activating group) is 1. The molecule has 1 heterocycles. The lowest BCUT2D eigenvalue weighted by Gasteiger charge is -2.40. The summed E-state index contributed by atoms with van der Waals surface area (Å²) in [6.07, 6.45) is 3.10. The third kappa shape index (κ3) is 3.73. The Kier molecular flexibility index (Phi) is 5.85. The molecule has 0 amide bonds. The predicted molar refractivity (Wildman–Crippen MR) is 84.1 cm³/mol. The molecule has 1 aliphatic rings. The molecule has 112 valence electrons. The zero-order valence-electron chi connectivity index (χ0n) is 12.4. The van der Waals surface area contributed by atoms with Crippen LogP contribution < -0.4 is 5.73 Å². The molecule has 0 bridgehead atoms. The monoisotopic (exact) mass is 296 g/mol. The second kappa shape index (κ2) is 7.41. The van der Waals surface area contributed by atoms with Gasteiger partial charge in [-0.3, -0.25) is 4.90 Å². The van der Waals surface area contributed by atoms with Crippen LogP contribution in [0.15, 0.2) is 24.3 Å².